The Kier molecular flexibility index (Phi) is 3.90. The summed E-state index contributed by atoms with van der Waals surface area (Å²) < 4.78 is 14.3. The van der Waals surface area contributed by atoms with E-state index in [0.717, 1.165) is 10.2 Å². The van der Waals surface area contributed by atoms with E-state index in [-0.39, 0.29) is 5.82 Å². The Morgan fingerprint density at radius 1 is 1.33 bits per heavy atom. The van der Waals surface area contributed by atoms with Crippen molar-refractivity contribution in [1.82, 2.24) is 4.98 Å². The smallest absolute Gasteiger partial charge is 0.140 e. The molecule has 0 fully saturated rings. The maximum absolute atomic E-state index is 13.5. The fourth-order valence-electron chi connectivity index (χ4n) is 1.44. The summed E-state index contributed by atoms with van der Waals surface area (Å²) in [5.41, 5.74) is 1.66. The highest BCUT2D eigenvalue weighted by Gasteiger charge is 2.03. The molecule has 0 amide bonds. The highest BCUT2D eigenvalue weighted by molar-refractivity contribution is 9.10. The van der Waals surface area contributed by atoms with E-state index in [2.05, 4.69) is 26.2 Å². The first kappa shape index (κ1) is 12.5. The number of rotatable bonds is 3. The molecular formula is C13H9BrFN3. The maximum Gasteiger partial charge on any atom is 0.140 e. The number of nitrogens with one attached hydrogen (secondary N) is 1. The van der Waals surface area contributed by atoms with Gasteiger partial charge < -0.3 is 5.32 Å². The van der Waals surface area contributed by atoms with Crippen molar-refractivity contribution in [1.29, 1.82) is 5.26 Å². The number of nitrogens with zero attached hydrogens (tertiary/aromatic N) is 2. The predicted octanol–water partition coefficient (Wildman–Crippen LogP) is 3.47. The first-order valence-corrected chi connectivity index (χ1v) is 6.02. The Morgan fingerprint density at radius 2 is 2.17 bits per heavy atom. The van der Waals surface area contributed by atoms with Crippen molar-refractivity contribution in [3.05, 3.63) is 58.1 Å². The van der Waals surface area contributed by atoms with Gasteiger partial charge in [0, 0.05) is 16.6 Å². The molecule has 18 heavy (non-hydrogen) atoms. The van der Waals surface area contributed by atoms with Crippen molar-refractivity contribution in [2.24, 2.45) is 0 Å². The summed E-state index contributed by atoms with van der Waals surface area (Å²) in [7, 11) is 0. The molecule has 0 unspecified atom stereocenters. The molecule has 1 N–H and O–H groups in total. The largest absolute Gasteiger partial charge is 0.380 e. The number of hydrogen-bond acceptors (Lipinski definition) is 3. The topological polar surface area (TPSA) is 48.7 Å². The number of aromatic nitrogens is 1. The minimum atomic E-state index is -0.257. The van der Waals surface area contributed by atoms with Gasteiger partial charge in [0.2, 0.25) is 0 Å². The first-order chi connectivity index (χ1) is 8.69. The molecule has 0 radical (unpaired) electrons. The van der Waals surface area contributed by atoms with Crippen LogP contribution >= 0.6 is 15.9 Å². The van der Waals surface area contributed by atoms with Crippen LogP contribution in [0.4, 0.5) is 10.1 Å². The average molecular weight is 306 g/mol. The summed E-state index contributed by atoms with van der Waals surface area (Å²) in [5.74, 6) is -0.257. The standard InChI is InChI=1S/C13H9BrFN3/c14-10-1-4-13(15)9(5-10)7-17-12-3-2-11(6-16)18-8-12/h1-5,8,17H,7H2. The van der Waals surface area contributed by atoms with E-state index in [0.29, 0.717) is 17.8 Å². The Hall–Kier alpha value is -1.93. The number of hydrogen-bond donors (Lipinski definition) is 1. The van der Waals surface area contributed by atoms with Crippen molar-refractivity contribution >= 4 is 21.6 Å². The summed E-state index contributed by atoms with van der Waals surface area (Å²) in [6.45, 7) is 0.360. The molecule has 0 aliphatic heterocycles. The van der Waals surface area contributed by atoms with Crippen LogP contribution in [0.3, 0.4) is 0 Å². The zero-order chi connectivity index (χ0) is 13.0. The van der Waals surface area contributed by atoms with Gasteiger partial charge in [-0.2, -0.15) is 5.26 Å². The lowest BCUT2D eigenvalue weighted by molar-refractivity contribution is 0.612. The third-order valence-electron chi connectivity index (χ3n) is 2.37. The number of anilines is 1. The quantitative estimate of drug-likeness (QED) is 0.944. The molecule has 0 saturated carbocycles. The Balaban J connectivity index is 2.07. The normalized spacial score (nSPS) is 9.83. The van der Waals surface area contributed by atoms with E-state index in [1.165, 1.54) is 6.07 Å². The fraction of sp³-hybridized carbons (Fsp3) is 0.0769. The third kappa shape index (κ3) is 3.05. The molecular weight excluding hydrogens is 297 g/mol. The third-order valence-corrected chi connectivity index (χ3v) is 2.86. The van der Waals surface area contributed by atoms with E-state index in [1.807, 2.05) is 6.07 Å². The van der Waals surface area contributed by atoms with Crippen LogP contribution in [0.1, 0.15) is 11.3 Å². The molecule has 0 aliphatic carbocycles. The molecule has 1 heterocycles. The molecule has 0 atom stereocenters. The van der Waals surface area contributed by atoms with Crippen LogP contribution < -0.4 is 5.32 Å². The Bertz CT molecular complexity index is 590. The lowest BCUT2D eigenvalue weighted by Gasteiger charge is -2.07. The lowest BCUT2D eigenvalue weighted by Crippen LogP contribution is -2.02. The predicted molar refractivity (Wildman–Crippen MR) is 70.4 cm³/mol. The second kappa shape index (κ2) is 5.61. The van der Waals surface area contributed by atoms with Crippen molar-refractivity contribution in [2.75, 3.05) is 5.32 Å². The van der Waals surface area contributed by atoms with E-state index in [1.54, 1.807) is 30.5 Å². The van der Waals surface area contributed by atoms with E-state index >= 15 is 0 Å². The molecule has 0 aliphatic rings. The second-order valence-corrected chi connectivity index (χ2v) is 4.55. The number of nitriles is 1. The molecule has 2 rings (SSSR count). The molecule has 0 bridgehead atoms. The summed E-state index contributed by atoms with van der Waals surface area (Å²) in [6.07, 6.45) is 1.55. The van der Waals surface area contributed by atoms with Crippen molar-refractivity contribution < 1.29 is 4.39 Å². The minimum Gasteiger partial charge on any atom is -0.380 e. The van der Waals surface area contributed by atoms with Gasteiger partial charge in [-0.15, -0.1) is 0 Å². The Labute approximate surface area is 112 Å². The van der Waals surface area contributed by atoms with Crippen LogP contribution in [0, 0.1) is 17.1 Å². The van der Waals surface area contributed by atoms with Crippen molar-refractivity contribution in [3.63, 3.8) is 0 Å². The molecule has 5 heteroatoms. The number of halogens is 2. The fourth-order valence-corrected chi connectivity index (χ4v) is 1.85. The monoisotopic (exact) mass is 305 g/mol. The second-order valence-electron chi connectivity index (χ2n) is 3.63. The average Bonchev–Trinajstić information content (AvgIpc) is 2.40. The van der Waals surface area contributed by atoms with Crippen molar-refractivity contribution in [3.8, 4) is 6.07 Å². The van der Waals surface area contributed by atoms with Gasteiger partial charge in [0.15, 0.2) is 0 Å². The van der Waals surface area contributed by atoms with Gasteiger partial charge in [0.1, 0.15) is 17.6 Å². The van der Waals surface area contributed by atoms with Gasteiger partial charge in [-0.3, -0.25) is 0 Å². The lowest BCUT2D eigenvalue weighted by atomic mass is 10.2. The molecule has 0 saturated heterocycles. The van der Waals surface area contributed by atoms with Gasteiger partial charge in [0.25, 0.3) is 0 Å². The van der Waals surface area contributed by atoms with Crippen molar-refractivity contribution in [2.45, 2.75) is 6.54 Å². The van der Waals surface area contributed by atoms with Gasteiger partial charge >= 0.3 is 0 Å². The van der Waals surface area contributed by atoms with Crippen LogP contribution in [-0.2, 0) is 6.54 Å². The molecule has 1 aromatic heterocycles. The van der Waals surface area contributed by atoms with E-state index in [9.17, 15) is 4.39 Å². The number of benzene rings is 1. The molecule has 2 aromatic rings. The van der Waals surface area contributed by atoms with Crippen LogP contribution in [-0.4, -0.2) is 4.98 Å². The van der Waals surface area contributed by atoms with Gasteiger partial charge in [0.05, 0.1) is 11.9 Å². The summed E-state index contributed by atoms with van der Waals surface area (Å²) in [5, 5.41) is 11.7. The minimum absolute atomic E-state index is 0.257. The highest BCUT2D eigenvalue weighted by Crippen LogP contribution is 2.17. The zero-order valence-corrected chi connectivity index (χ0v) is 10.9. The molecule has 0 spiro atoms. The molecule has 3 nitrogen and oxygen atoms in total. The van der Waals surface area contributed by atoms with Crippen LogP contribution in [0.15, 0.2) is 41.0 Å². The van der Waals surface area contributed by atoms with Gasteiger partial charge in [-0.05, 0) is 30.3 Å². The van der Waals surface area contributed by atoms with E-state index < -0.39 is 0 Å². The van der Waals surface area contributed by atoms with Gasteiger partial charge in [-0.1, -0.05) is 15.9 Å². The number of pyridine rings is 1. The van der Waals surface area contributed by atoms with E-state index in [4.69, 9.17) is 5.26 Å². The summed E-state index contributed by atoms with van der Waals surface area (Å²) >= 11 is 3.30. The van der Waals surface area contributed by atoms with Crippen LogP contribution in [0.5, 0.6) is 0 Å². The molecule has 90 valence electrons. The first-order valence-electron chi connectivity index (χ1n) is 5.23. The SMILES string of the molecule is N#Cc1ccc(NCc2cc(Br)ccc2F)cn1. The summed E-state index contributed by atoms with van der Waals surface area (Å²) in [6, 6.07) is 10.1. The zero-order valence-electron chi connectivity index (χ0n) is 9.32. The molecule has 1 aromatic carbocycles. The highest BCUT2D eigenvalue weighted by atomic mass is 79.9. The van der Waals surface area contributed by atoms with Crippen LogP contribution in [0.2, 0.25) is 0 Å². The van der Waals surface area contributed by atoms with Gasteiger partial charge in [-0.25, -0.2) is 9.37 Å². The van der Waals surface area contributed by atoms with Crippen LogP contribution in [0.25, 0.3) is 0 Å². The Morgan fingerprint density at radius 3 is 2.83 bits per heavy atom. The summed E-state index contributed by atoms with van der Waals surface area (Å²) in [4.78, 5) is 3.92. The maximum atomic E-state index is 13.5.